The van der Waals surface area contributed by atoms with Crippen LogP contribution >= 0.6 is 0 Å². The molecule has 0 saturated heterocycles. The van der Waals surface area contributed by atoms with Crippen molar-refractivity contribution in [3.63, 3.8) is 0 Å². The van der Waals surface area contributed by atoms with Crippen molar-refractivity contribution in [3.05, 3.63) is 0 Å². The van der Waals surface area contributed by atoms with E-state index in [1.165, 1.54) is 0 Å². The average molecular weight is 194 g/mol. The van der Waals surface area contributed by atoms with E-state index in [-0.39, 0.29) is 17.1 Å². The molecule has 0 aromatic heterocycles. The van der Waals surface area contributed by atoms with Crippen LogP contribution in [0.1, 0.15) is 48.0 Å². The highest BCUT2D eigenvalue weighted by Gasteiger charge is 2.16. The highest BCUT2D eigenvalue weighted by molar-refractivity contribution is 5.78. The fourth-order valence-electron chi connectivity index (χ4n) is 1.27. The molecule has 0 spiro atoms. The fourth-order valence-corrected chi connectivity index (χ4v) is 1.27. The van der Waals surface area contributed by atoms with E-state index in [4.69, 9.17) is 0 Å². The van der Waals surface area contributed by atoms with Gasteiger partial charge in [-0.3, -0.25) is 4.79 Å². The van der Waals surface area contributed by atoms with Crippen LogP contribution in [-0.2, 0) is 4.79 Å². The van der Waals surface area contributed by atoms with E-state index in [2.05, 4.69) is 46.5 Å². The molecule has 0 fully saturated rings. The molecule has 0 aliphatic heterocycles. The van der Waals surface area contributed by atoms with Crippen LogP contribution < -0.4 is 0 Å². The molecule has 1 atom stereocenters. The van der Waals surface area contributed by atoms with Gasteiger partial charge in [-0.1, -0.05) is 19.8 Å². The smallest absolute Gasteiger partial charge is 0.134 e. The van der Waals surface area contributed by atoms with Crippen molar-refractivity contribution in [1.82, 2.24) is 0 Å². The number of Topliss-reactive ketones (excluding diaryl/α,β-unsaturated/α-hetero) is 1. The maximum absolute atomic E-state index is 11.3. The number of carbonyl (C=O) groups excluding carboxylic acids is 1. The van der Waals surface area contributed by atoms with E-state index in [1.54, 1.807) is 6.92 Å². The molecule has 0 saturated carbocycles. The summed E-state index contributed by atoms with van der Waals surface area (Å²) in [7, 11) is 0. The van der Waals surface area contributed by atoms with Gasteiger partial charge in [-0.2, -0.15) is 0 Å². The molecule has 0 aliphatic carbocycles. The number of ketones is 1. The Bertz CT molecular complexity index is 245. The van der Waals surface area contributed by atoms with Gasteiger partial charge in [0.2, 0.25) is 0 Å². The van der Waals surface area contributed by atoms with Gasteiger partial charge in [0.05, 0.1) is 0 Å². The van der Waals surface area contributed by atoms with Crippen LogP contribution in [0.25, 0.3) is 0 Å². The van der Waals surface area contributed by atoms with Crippen molar-refractivity contribution in [3.8, 4) is 11.8 Å². The van der Waals surface area contributed by atoms with E-state index in [9.17, 15) is 4.79 Å². The third-order valence-electron chi connectivity index (χ3n) is 2.11. The Kier molecular flexibility index (Phi) is 4.91. The van der Waals surface area contributed by atoms with Crippen LogP contribution in [0.4, 0.5) is 0 Å². The summed E-state index contributed by atoms with van der Waals surface area (Å²) in [4.78, 5) is 11.3. The molecular formula is C13H22O. The highest BCUT2D eigenvalue weighted by atomic mass is 16.1. The number of rotatable bonds is 3. The number of hydrogen-bond acceptors (Lipinski definition) is 1. The zero-order valence-electron chi connectivity index (χ0n) is 10.3. The predicted molar refractivity (Wildman–Crippen MR) is 60.9 cm³/mol. The first kappa shape index (κ1) is 13.2. The van der Waals surface area contributed by atoms with Crippen LogP contribution in [0.3, 0.4) is 0 Å². The first-order valence-electron chi connectivity index (χ1n) is 5.24. The first-order chi connectivity index (χ1) is 6.24. The molecule has 1 heteroatoms. The summed E-state index contributed by atoms with van der Waals surface area (Å²) in [5.41, 5.74) is 0.0400. The lowest BCUT2D eigenvalue weighted by Crippen LogP contribution is -2.16. The van der Waals surface area contributed by atoms with Crippen LogP contribution in [-0.4, -0.2) is 5.78 Å². The molecule has 1 nitrogen and oxygen atoms in total. The zero-order chi connectivity index (χ0) is 11.4. The number of hydrogen-bond donors (Lipinski definition) is 0. The Balaban J connectivity index is 4.32. The normalized spacial score (nSPS) is 13.4. The Morgan fingerprint density at radius 3 is 2.07 bits per heavy atom. The van der Waals surface area contributed by atoms with E-state index in [0.29, 0.717) is 12.3 Å². The maximum atomic E-state index is 11.3. The van der Waals surface area contributed by atoms with Crippen LogP contribution in [0.2, 0.25) is 0 Å². The summed E-state index contributed by atoms with van der Waals surface area (Å²) in [5.74, 6) is 7.02. The molecular weight excluding hydrogens is 172 g/mol. The van der Waals surface area contributed by atoms with E-state index in [0.717, 1.165) is 0 Å². The Labute approximate surface area is 88.3 Å². The maximum Gasteiger partial charge on any atom is 0.134 e. The third-order valence-corrected chi connectivity index (χ3v) is 2.11. The summed E-state index contributed by atoms with van der Waals surface area (Å²) in [6, 6.07) is 0. The second-order valence-corrected chi connectivity index (χ2v) is 5.22. The van der Waals surface area contributed by atoms with E-state index < -0.39 is 0 Å². The van der Waals surface area contributed by atoms with Crippen molar-refractivity contribution in [2.24, 2.45) is 17.3 Å². The van der Waals surface area contributed by atoms with Gasteiger partial charge in [0.1, 0.15) is 5.78 Å². The molecule has 0 bridgehead atoms. The van der Waals surface area contributed by atoms with Crippen molar-refractivity contribution in [1.29, 1.82) is 0 Å². The third kappa shape index (κ3) is 5.80. The first-order valence-corrected chi connectivity index (χ1v) is 5.24. The van der Waals surface area contributed by atoms with Gasteiger partial charge >= 0.3 is 0 Å². The van der Waals surface area contributed by atoms with Gasteiger partial charge in [0.15, 0.2) is 0 Å². The Morgan fingerprint density at radius 1 is 1.29 bits per heavy atom. The standard InChI is InChI=1S/C13H22O/c1-10(2)12(11(3)14)8-7-9-13(4,5)6/h10,12H,8H2,1-6H3. The molecule has 0 aromatic rings. The molecule has 1 unspecified atom stereocenters. The van der Waals surface area contributed by atoms with Gasteiger partial charge in [-0.15, -0.1) is 5.92 Å². The lowest BCUT2D eigenvalue weighted by atomic mass is 9.88. The SMILES string of the molecule is CC(=O)C(CC#CC(C)(C)C)C(C)C. The van der Waals surface area contributed by atoms with E-state index >= 15 is 0 Å². The second-order valence-electron chi connectivity index (χ2n) is 5.22. The fraction of sp³-hybridized carbons (Fsp3) is 0.769. The molecule has 0 rings (SSSR count). The molecule has 0 amide bonds. The second kappa shape index (κ2) is 5.20. The molecule has 0 aliphatic rings. The van der Waals surface area contributed by atoms with Crippen molar-refractivity contribution in [2.45, 2.75) is 48.0 Å². The minimum atomic E-state index is 0.0400. The molecule has 14 heavy (non-hydrogen) atoms. The minimum Gasteiger partial charge on any atom is -0.300 e. The number of carbonyl (C=O) groups is 1. The topological polar surface area (TPSA) is 17.1 Å². The Morgan fingerprint density at radius 2 is 1.79 bits per heavy atom. The van der Waals surface area contributed by atoms with E-state index in [1.807, 2.05) is 0 Å². The predicted octanol–water partition coefficient (Wildman–Crippen LogP) is 3.29. The highest BCUT2D eigenvalue weighted by Crippen LogP contribution is 2.16. The monoisotopic (exact) mass is 194 g/mol. The minimum absolute atomic E-state index is 0.0400. The van der Waals surface area contributed by atoms with Crippen LogP contribution in [0, 0.1) is 29.1 Å². The summed E-state index contributed by atoms with van der Waals surface area (Å²) < 4.78 is 0. The quantitative estimate of drug-likeness (QED) is 0.630. The molecule has 0 N–H and O–H groups in total. The summed E-state index contributed by atoms with van der Waals surface area (Å²) in [6.07, 6.45) is 0.699. The summed E-state index contributed by atoms with van der Waals surface area (Å²) in [6.45, 7) is 12.0. The van der Waals surface area contributed by atoms with Gasteiger partial charge in [-0.05, 0) is 33.6 Å². The van der Waals surface area contributed by atoms with Crippen LogP contribution in [0.5, 0.6) is 0 Å². The molecule has 0 heterocycles. The molecule has 0 aromatic carbocycles. The average Bonchev–Trinajstić information content (AvgIpc) is 1.94. The lowest BCUT2D eigenvalue weighted by molar-refractivity contribution is -0.121. The molecule has 0 radical (unpaired) electrons. The van der Waals surface area contributed by atoms with Gasteiger partial charge in [-0.25, -0.2) is 0 Å². The van der Waals surface area contributed by atoms with Crippen molar-refractivity contribution in [2.75, 3.05) is 0 Å². The van der Waals surface area contributed by atoms with Crippen molar-refractivity contribution < 1.29 is 4.79 Å². The zero-order valence-corrected chi connectivity index (χ0v) is 10.3. The van der Waals surface area contributed by atoms with Gasteiger partial charge < -0.3 is 0 Å². The summed E-state index contributed by atoms with van der Waals surface area (Å²) in [5, 5.41) is 0. The van der Waals surface area contributed by atoms with Gasteiger partial charge in [0.25, 0.3) is 0 Å². The van der Waals surface area contributed by atoms with Crippen molar-refractivity contribution >= 4 is 5.78 Å². The Hall–Kier alpha value is -0.770. The van der Waals surface area contributed by atoms with Crippen LogP contribution in [0.15, 0.2) is 0 Å². The summed E-state index contributed by atoms with van der Waals surface area (Å²) >= 11 is 0. The van der Waals surface area contributed by atoms with Gasteiger partial charge in [0, 0.05) is 17.8 Å². The molecule has 80 valence electrons. The largest absolute Gasteiger partial charge is 0.300 e. The lowest BCUT2D eigenvalue weighted by Gasteiger charge is -2.14.